The van der Waals surface area contributed by atoms with E-state index in [1.165, 1.54) is 5.57 Å². The van der Waals surface area contributed by atoms with Crippen LogP contribution in [-0.4, -0.2) is 43.0 Å². The number of amides is 1. The summed E-state index contributed by atoms with van der Waals surface area (Å²) in [4.78, 5) is 12.8. The molecule has 1 fully saturated rings. The average Bonchev–Trinajstić information content (AvgIpc) is 2.69. The summed E-state index contributed by atoms with van der Waals surface area (Å²) in [6, 6.07) is 14.3. The second-order valence-electron chi connectivity index (χ2n) is 7.22. The van der Waals surface area contributed by atoms with Crippen LogP contribution in [0.5, 0.6) is 5.75 Å². The molecule has 0 saturated carbocycles. The first-order chi connectivity index (χ1) is 13.5. The third kappa shape index (κ3) is 5.44. The summed E-state index contributed by atoms with van der Waals surface area (Å²) in [7, 11) is 0. The summed E-state index contributed by atoms with van der Waals surface area (Å²) in [6.45, 7) is 5.66. The van der Waals surface area contributed by atoms with E-state index in [-0.39, 0.29) is 23.8 Å². The third-order valence-electron chi connectivity index (χ3n) is 4.75. The van der Waals surface area contributed by atoms with Crippen LogP contribution in [0.3, 0.4) is 0 Å². The zero-order valence-corrected chi connectivity index (χ0v) is 16.4. The van der Waals surface area contributed by atoms with Gasteiger partial charge in [0.25, 0.3) is 5.91 Å². The molecule has 0 spiro atoms. The number of aromatic hydroxyl groups is 1. The number of hydrogen-bond donors (Lipinski definition) is 2. The Morgan fingerprint density at radius 3 is 2.75 bits per heavy atom. The summed E-state index contributed by atoms with van der Waals surface area (Å²) < 4.78 is 11.4. The lowest BCUT2D eigenvalue weighted by Gasteiger charge is -2.32. The normalized spacial score (nSPS) is 19.1. The van der Waals surface area contributed by atoms with E-state index in [0.717, 1.165) is 17.5 Å². The Hall–Kier alpha value is -2.63. The lowest BCUT2D eigenvalue weighted by molar-refractivity contribution is -0.0589. The second-order valence-corrected chi connectivity index (χ2v) is 7.22. The van der Waals surface area contributed by atoms with Crippen molar-refractivity contribution < 1.29 is 19.4 Å². The Balaban J connectivity index is 1.68. The van der Waals surface area contributed by atoms with Crippen molar-refractivity contribution in [1.29, 1.82) is 0 Å². The molecular weight excluding hydrogens is 354 g/mol. The number of carbonyl (C=O) groups is 1. The van der Waals surface area contributed by atoms with Crippen molar-refractivity contribution in [3.05, 3.63) is 65.7 Å². The molecule has 148 valence electrons. The number of phenols is 1. The molecule has 5 nitrogen and oxygen atoms in total. The predicted molar refractivity (Wildman–Crippen MR) is 109 cm³/mol. The summed E-state index contributed by atoms with van der Waals surface area (Å²) in [5.74, 6) is 0.0969. The molecule has 2 aromatic carbocycles. The fourth-order valence-corrected chi connectivity index (χ4v) is 3.13. The third-order valence-corrected chi connectivity index (χ3v) is 4.75. The zero-order chi connectivity index (χ0) is 19.9. The van der Waals surface area contributed by atoms with E-state index < -0.39 is 0 Å². The summed E-state index contributed by atoms with van der Waals surface area (Å²) in [5, 5.41) is 12.6. The standard InChI is InChI=1S/C23H27NO4/c1-16(2)10-13-28-22-15-27-12-11-21(22)24-23(26)19-5-3-4-18(14-19)17-6-8-20(25)9-7-17/h3-10,14,21-22,25H,11-13,15H2,1-2H3,(H,24,26)/t21-,22-/m1/s1. The van der Waals surface area contributed by atoms with Crippen molar-refractivity contribution in [1.82, 2.24) is 5.32 Å². The quantitative estimate of drug-likeness (QED) is 0.744. The minimum absolute atomic E-state index is 0.0795. The van der Waals surface area contributed by atoms with Crippen LogP contribution in [-0.2, 0) is 9.47 Å². The van der Waals surface area contributed by atoms with Crippen molar-refractivity contribution in [2.45, 2.75) is 32.4 Å². The zero-order valence-electron chi connectivity index (χ0n) is 16.4. The number of phenolic OH excluding ortho intramolecular Hbond substituents is 1. The summed E-state index contributed by atoms with van der Waals surface area (Å²) in [5.41, 5.74) is 3.67. The molecular formula is C23H27NO4. The van der Waals surface area contributed by atoms with Crippen LogP contribution >= 0.6 is 0 Å². The van der Waals surface area contributed by atoms with Gasteiger partial charge in [0.15, 0.2) is 0 Å². The Morgan fingerprint density at radius 1 is 1.21 bits per heavy atom. The van der Waals surface area contributed by atoms with Crippen LogP contribution in [0.1, 0.15) is 30.6 Å². The van der Waals surface area contributed by atoms with E-state index in [0.29, 0.717) is 25.4 Å². The Morgan fingerprint density at radius 2 is 2.00 bits per heavy atom. The van der Waals surface area contributed by atoms with Crippen LogP contribution < -0.4 is 5.32 Å². The Bertz CT molecular complexity index is 825. The van der Waals surface area contributed by atoms with Gasteiger partial charge in [0.05, 0.1) is 19.3 Å². The van der Waals surface area contributed by atoms with Crippen LogP contribution in [0.2, 0.25) is 0 Å². The van der Waals surface area contributed by atoms with Crippen molar-refractivity contribution in [3.8, 4) is 16.9 Å². The van der Waals surface area contributed by atoms with E-state index >= 15 is 0 Å². The Kier molecular flexibility index (Phi) is 6.85. The maximum absolute atomic E-state index is 12.8. The molecule has 1 heterocycles. The maximum Gasteiger partial charge on any atom is 0.251 e. The van der Waals surface area contributed by atoms with Crippen LogP contribution in [0.4, 0.5) is 0 Å². The largest absolute Gasteiger partial charge is 0.508 e. The number of allylic oxidation sites excluding steroid dienone is 1. The van der Waals surface area contributed by atoms with E-state index in [1.54, 1.807) is 18.2 Å². The second kappa shape index (κ2) is 9.53. The SMILES string of the molecule is CC(C)=CCO[C@@H]1COCC[C@H]1NC(=O)c1cccc(-c2ccc(O)cc2)c1. The molecule has 0 radical (unpaired) electrons. The first-order valence-corrected chi connectivity index (χ1v) is 9.56. The smallest absolute Gasteiger partial charge is 0.251 e. The average molecular weight is 381 g/mol. The van der Waals surface area contributed by atoms with Gasteiger partial charge in [-0.2, -0.15) is 0 Å². The van der Waals surface area contributed by atoms with Crippen LogP contribution in [0.15, 0.2) is 60.2 Å². The van der Waals surface area contributed by atoms with E-state index in [2.05, 4.69) is 5.32 Å². The van der Waals surface area contributed by atoms with Crippen molar-refractivity contribution in [2.75, 3.05) is 19.8 Å². The molecule has 2 aromatic rings. The predicted octanol–water partition coefficient (Wildman–Crippen LogP) is 3.93. The van der Waals surface area contributed by atoms with Gasteiger partial charge in [0.2, 0.25) is 0 Å². The van der Waals surface area contributed by atoms with Gasteiger partial charge in [-0.1, -0.05) is 35.9 Å². The highest BCUT2D eigenvalue weighted by atomic mass is 16.5. The molecule has 1 saturated heterocycles. The van der Waals surface area contributed by atoms with Gasteiger partial charge in [-0.3, -0.25) is 4.79 Å². The van der Waals surface area contributed by atoms with Crippen LogP contribution in [0.25, 0.3) is 11.1 Å². The molecule has 1 aliphatic heterocycles. The lowest BCUT2D eigenvalue weighted by Crippen LogP contribution is -2.50. The fourth-order valence-electron chi connectivity index (χ4n) is 3.13. The number of benzene rings is 2. The molecule has 1 aliphatic rings. The number of hydrogen-bond acceptors (Lipinski definition) is 4. The molecule has 5 heteroatoms. The van der Waals surface area contributed by atoms with Gasteiger partial charge in [-0.25, -0.2) is 0 Å². The van der Waals surface area contributed by atoms with Crippen LogP contribution in [0, 0.1) is 0 Å². The number of ether oxygens (including phenoxy) is 2. The molecule has 2 N–H and O–H groups in total. The highest BCUT2D eigenvalue weighted by molar-refractivity contribution is 5.95. The fraction of sp³-hybridized carbons (Fsp3) is 0.348. The molecule has 0 aromatic heterocycles. The summed E-state index contributed by atoms with van der Waals surface area (Å²) in [6.07, 6.45) is 2.59. The van der Waals surface area contributed by atoms with E-state index in [4.69, 9.17) is 9.47 Å². The highest BCUT2D eigenvalue weighted by Crippen LogP contribution is 2.23. The molecule has 28 heavy (non-hydrogen) atoms. The number of nitrogens with one attached hydrogen (secondary N) is 1. The number of rotatable bonds is 6. The van der Waals surface area contributed by atoms with Gasteiger partial charge in [0, 0.05) is 12.2 Å². The van der Waals surface area contributed by atoms with Gasteiger partial charge in [-0.05, 0) is 55.7 Å². The van der Waals surface area contributed by atoms with Crippen molar-refractivity contribution in [3.63, 3.8) is 0 Å². The van der Waals surface area contributed by atoms with E-state index in [1.807, 2.05) is 50.3 Å². The van der Waals surface area contributed by atoms with Gasteiger partial charge in [0.1, 0.15) is 11.9 Å². The summed E-state index contributed by atoms with van der Waals surface area (Å²) >= 11 is 0. The lowest BCUT2D eigenvalue weighted by atomic mass is 10.0. The molecule has 0 bridgehead atoms. The minimum Gasteiger partial charge on any atom is -0.508 e. The molecule has 1 amide bonds. The first-order valence-electron chi connectivity index (χ1n) is 9.56. The highest BCUT2D eigenvalue weighted by Gasteiger charge is 2.28. The van der Waals surface area contributed by atoms with Crippen molar-refractivity contribution in [2.24, 2.45) is 0 Å². The molecule has 2 atom stereocenters. The Labute approximate surface area is 166 Å². The first kappa shape index (κ1) is 20.1. The molecule has 0 aliphatic carbocycles. The minimum atomic E-state index is -0.159. The van der Waals surface area contributed by atoms with Gasteiger partial charge < -0.3 is 19.9 Å². The van der Waals surface area contributed by atoms with Gasteiger partial charge >= 0.3 is 0 Å². The monoisotopic (exact) mass is 381 g/mol. The molecule has 0 unspecified atom stereocenters. The van der Waals surface area contributed by atoms with E-state index in [9.17, 15) is 9.90 Å². The maximum atomic E-state index is 12.8. The topological polar surface area (TPSA) is 67.8 Å². The number of carbonyl (C=O) groups excluding carboxylic acids is 1. The van der Waals surface area contributed by atoms with Gasteiger partial charge in [-0.15, -0.1) is 0 Å². The van der Waals surface area contributed by atoms with Crippen molar-refractivity contribution >= 4 is 5.91 Å². The molecule has 3 rings (SSSR count).